The fourth-order valence-electron chi connectivity index (χ4n) is 2.75. The van der Waals surface area contributed by atoms with Crippen LogP contribution in [0.1, 0.15) is 20.3 Å². The van der Waals surface area contributed by atoms with Crippen LogP contribution in [0.25, 0.3) is 0 Å². The van der Waals surface area contributed by atoms with Crippen molar-refractivity contribution in [2.75, 3.05) is 32.8 Å². The molecule has 0 aromatic heterocycles. The van der Waals surface area contributed by atoms with Crippen LogP contribution >= 0.6 is 12.4 Å². The summed E-state index contributed by atoms with van der Waals surface area (Å²) in [6.07, 6.45) is 0.637. The van der Waals surface area contributed by atoms with Crippen LogP contribution in [0, 0.1) is 5.92 Å². The Hall–Kier alpha value is -0.850. The van der Waals surface area contributed by atoms with Crippen molar-refractivity contribution in [1.82, 2.24) is 9.80 Å². The molecule has 116 valence electrons. The zero-order valence-corrected chi connectivity index (χ0v) is 12.9. The Labute approximate surface area is 126 Å². The lowest BCUT2D eigenvalue weighted by molar-refractivity contribution is -0.148. The van der Waals surface area contributed by atoms with Gasteiger partial charge < -0.3 is 20.3 Å². The Morgan fingerprint density at radius 1 is 1.30 bits per heavy atom. The first-order chi connectivity index (χ1) is 9.02. The fourth-order valence-corrected chi connectivity index (χ4v) is 2.75. The second-order valence-electron chi connectivity index (χ2n) is 5.55. The molecule has 2 rings (SSSR count). The number of hydrogen-bond acceptors (Lipinski definition) is 4. The molecule has 0 saturated carbocycles. The van der Waals surface area contributed by atoms with E-state index in [0.29, 0.717) is 39.3 Å². The first kappa shape index (κ1) is 17.2. The highest BCUT2D eigenvalue weighted by atomic mass is 35.5. The monoisotopic (exact) mass is 305 g/mol. The number of amides is 2. The van der Waals surface area contributed by atoms with Gasteiger partial charge in [0.2, 0.25) is 11.8 Å². The first-order valence-corrected chi connectivity index (χ1v) is 6.95. The number of ether oxygens (including phenoxy) is 1. The van der Waals surface area contributed by atoms with Gasteiger partial charge in [0.1, 0.15) is 6.04 Å². The van der Waals surface area contributed by atoms with Gasteiger partial charge in [0.25, 0.3) is 0 Å². The molecule has 2 N–H and O–H groups in total. The Morgan fingerprint density at radius 3 is 2.35 bits per heavy atom. The van der Waals surface area contributed by atoms with Gasteiger partial charge in [-0.2, -0.15) is 0 Å². The number of carbonyl (C=O) groups is 2. The predicted octanol–water partition coefficient (Wildman–Crippen LogP) is -0.149. The van der Waals surface area contributed by atoms with Gasteiger partial charge in [-0.1, -0.05) is 13.8 Å². The minimum Gasteiger partial charge on any atom is -0.378 e. The minimum absolute atomic E-state index is 0. The van der Waals surface area contributed by atoms with Gasteiger partial charge in [0, 0.05) is 19.6 Å². The molecular weight excluding hydrogens is 282 g/mol. The zero-order valence-electron chi connectivity index (χ0n) is 12.1. The number of halogens is 1. The molecule has 2 aliphatic heterocycles. The smallest absolute Gasteiger partial charge is 0.245 e. The molecular formula is C13H24ClN3O3. The topological polar surface area (TPSA) is 75.9 Å². The molecule has 0 aromatic rings. The van der Waals surface area contributed by atoms with Gasteiger partial charge in [-0.15, -0.1) is 12.4 Å². The van der Waals surface area contributed by atoms with E-state index in [9.17, 15) is 9.59 Å². The zero-order chi connectivity index (χ0) is 14.0. The van der Waals surface area contributed by atoms with Crippen molar-refractivity contribution in [1.29, 1.82) is 0 Å². The van der Waals surface area contributed by atoms with Gasteiger partial charge in [0.15, 0.2) is 0 Å². The summed E-state index contributed by atoms with van der Waals surface area (Å²) in [7, 11) is 0. The van der Waals surface area contributed by atoms with Crippen LogP contribution < -0.4 is 5.73 Å². The van der Waals surface area contributed by atoms with Crippen LogP contribution in [0.4, 0.5) is 0 Å². The molecule has 0 aliphatic carbocycles. The normalized spacial score (nSPS) is 24.8. The fraction of sp³-hybridized carbons (Fsp3) is 0.846. The summed E-state index contributed by atoms with van der Waals surface area (Å²) in [5.74, 6) is 0.0191. The highest BCUT2D eigenvalue weighted by Crippen LogP contribution is 2.21. The molecule has 2 heterocycles. The summed E-state index contributed by atoms with van der Waals surface area (Å²) in [5, 5.41) is 0. The molecule has 2 atom stereocenters. The van der Waals surface area contributed by atoms with Crippen LogP contribution in [0.3, 0.4) is 0 Å². The molecule has 0 unspecified atom stereocenters. The second kappa shape index (κ2) is 7.24. The SMILES string of the molecule is CC(C)[C@@H](C(=O)N1CCOCC1)N1CC[C@H](N)C1=O.Cl. The summed E-state index contributed by atoms with van der Waals surface area (Å²) < 4.78 is 5.26. The van der Waals surface area contributed by atoms with Crippen molar-refractivity contribution >= 4 is 24.2 Å². The van der Waals surface area contributed by atoms with Crippen LogP contribution in [0.5, 0.6) is 0 Å². The highest BCUT2D eigenvalue weighted by molar-refractivity contribution is 5.91. The average molecular weight is 306 g/mol. The van der Waals surface area contributed by atoms with E-state index in [1.54, 1.807) is 9.80 Å². The second-order valence-corrected chi connectivity index (χ2v) is 5.55. The van der Waals surface area contributed by atoms with Gasteiger partial charge in [0.05, 0.1) is 19.3 Å². The Kier molecular flexibility index (Phi) is 6.23. The molecule has 2 aliphatic rings. The summed E-state index contributed by atoms with van der Waals surface area (Å²) in [6.45, 7) is 6.89. The maximum absolute atomic E-state index is 12.6. The largest absolute Gasteiger partial charge is 0.378 e. The van der Waals surface area contributed by atoms with Gasteiger partial charge in [-0.05, 0) is 12.3 Å². The van der Waals surface area contributed by atoms with Crippen molar-refractivity contribution < 1.29 is 14.3 Å². The van der Waals surface area contributed by atoms with Crippen molar-refractivity contribution in [2.45, 2.75) is 32.4 Å². The third-order valence-electron chi connectivity index (χ3n) is 3.82. The lowest BCUT2D eigenvalue weighted by Gasteiger charge is -2.36. The standard InChI is InChI=1S/C13H23N3O3.ClH/c1-9(2)11(16-4-3-10(14)12(16)17)13(18)15-5-7-19-8-6-15;/h9-11H,3-8,14H2,1-2H3;1H/t10-,11-;/m0./s1. The van der Waals surface area contributed by atoms with Crippen LogP contribution in [-0.2, 0) is 14.3 Å². The number of nitrogens with two attached hydrogens (primary N) is 1. The van der Waals surface area contributed by atoms with Crippen LogP contribution in [-0.4, -0.2) is 66.5 Å². The van der Waals surface area contributed by atoms with E-state index in [2.05, 4.69) is 0 Å². The maximum Gasteiger partial charge on any atom is 0.245 e. The summed E-state index contributed by atoms with van der Waals surface area (Å²) in [5.41, 5.74) is 5.75. The molecule has 6 nitrogen and oxygen atoms in total. The average Bonchev–Trinajstić information content (AvgIpc) is 2.72. The third-order valence-corrected chi connectivity index (χ3v) is 3.82. The van der Waals surface area contributed by atoms with E-state index in [4.69, 9.17) is 10.5 Å². The van der Waals surface area contributed by atoms with Crippen molar-refractivity contribution in [3.05, 3.63) is 0 Å². The molecule has 20 heavy (non-hydrogen) atoms. The number of rotatable bonds is 3. The van der Waals surface area contributed by atoms with Crippen LogP contribution in [0.15, 0.2) is 0 Å². The summed E-state index contributed by atoms with van der Waals surface area (Å²) in [4.78, 5) is 28.1. The molecule has 2 amide bonds. The predicted molar refractivity (Wildman–Crippen MR) is 77.6 cm³/mol. The number of likely N-dealkylation sites (tertiary alicyclic amines) is 1. The van der Waals surface area contributed by atoms with Gasteiger partial charge in [-0.25, -0.2) is 0 Å². The van der Waals surface area contributed by atoms with Crippen LogP contribution in [0.2, 0.25) is 0 Å². The number of morpholine rings is 1. The highest BCUT2D eigenvalue weighted by Gasteiger charge is 2.40. The van der Waals surface area contributed by atoms with Crippen molar-refractivity contribution in [3.63, 3.8) is 0 Å². The molecule has 2 saturated heterocycles. The van der Waals surface area contributed by atoms with Gasteiger partial charge >= 0.3 is 0 Å². The molecule has 0 aromatic carbocycles. The van der Waals surface area contributed by atoms with E-state index >= 15 is 0 Å². The van der Waals surface area contributed by atoms with Crippen molar-refractivity contribution in [3.8, 4) is 0 Å². The Bertz CT molecular complexity index is 359. The molecule has 0 radical (unpaired) electrons. The number of nitrogens with zero attached hydrogens (tertiary/aromatic N) is 2. The first-order valence-electron chi connectivity index (χ1n) is 6.95. The number of carbonyl (C=O) groups excluding carboxylic acids is 2. The molecule has 7 heteroatoms. The van der Waals surface area contributed by atoms with E-state index in [-0.39, 0.29) is 36.2 Å². The van der Waals surface area contributed by atoms with Crippen molar-refractivity contribution in [2.24, 2.45) is 11.7 Å². The Morgan fingerprint density at radius 2 is 1.90 bits per heavy atom. The van der Waals surface area contributed by atoms with Gasteiger partial charge in [-0.3, -0.25) is 9.59 Å². The quantitative estimate of drug-likeness (QED) is 0.787. The third kappa shape index (κ3) is 3.42. The van der Waals surface area contributed by atoms with E-state index in [0.717, 1.165) is 0 Å². The molecule has 0 spiro atoms. The lowest BCUT2D eigenvalue weighted by atomic mass is 10.0. The molecule has 0 bridgehead atoms. The minimum atomic E-state index is -0.446. The lowest BCUT2D eigenvalue weighted by Crippen LogP contribution is -2.55. The van der Waals surface area contributed by atoms with E-state index in [1.807, 2.05) is 13.8 Å². The number of hydrogen-bond donors (Lipinski definition) is 1. The van der Waals surface area contributed by atoms with E-state index in [1.165, 1.54) is 0 Å². The summed E-state index contributed by atoms with van der Waals surface area (Å²) >= 11 is 0. The Balaban J connectivity index is 0.00000200. The molecule has 2 fully saturated rings. The summed E-state index contributed by atoms with van der Waals surface area (Å²) in [6, 6.07) is -0.835. The maximum atomic E-state index is 12.6. The van der Waals surface area contributed by atoms with E-state index < -0.39 is 6.04 Å².